The van der Waals surface area contributed by atoms with Crippen LogP contribution in [0.4, 0.5) is 18.9 Å². The number of ether oxygens (including phenoxy) is 1. The molecule has 0 radical (unpaired) electrons. The molecule has 2 aromatic carbocycles. The van der Waals surface area contributed by atoms with Crippen LogP contribution in [-0.4, -0.2) is 17.7 Å². The van der Waals surface area contributed by atoms with Gasteiger partial charge in [-0.1, -0.05) is 42.5 Å². The van der Waals surface area contributed by atoms with E-state index in [2.05, 4.69) is 16.9 Å². The number of nitrogens with one attached hydrogen (secondary N) is 1. The van der Waals surface area contributed by atoms with Crippen molar-refractivity contribution in [3.05, 3.63) is 76.2 Å². The lowest BCUT2D eigenvalue weighted by Gasteiger charge is -2.08. The van der Waals surface area contributed by atoms with E-state index in [-0.39, 0.29) is 15.9 Å². The fourth-order valence-electron chi connectivity index (χ4n) is 2.39. The molecule has 4 nitrogen and oxygen atoms in total. The Morgan fingerprint density at radius 2 is 2.00 bits per heavy atom. The molecule has 0 spiro atoms. The second kappa shape index (κ2) is 8.75. The second-order valence-electron chi connectivity index (χ2n) is 5.78. The molecule has 0 unspecified atom stereocenters. The van der Waals surface area contributed by atoms with E-state index in [0.717, 1.165) is 30.0 Å². The van der Waals surface area contributed by atoms with Gasteiger partial charge in [0.1, 0.15) is 12.4 Å². The highest BCUT2D eigenvalue weighted by atomic mass is 35.5. The average molecular weight is 439 g/mol. The topological polar surface area (TPSA) is 50.7 Å². The summed E-state index contributed by atoms with van der Waals surface area (Å²) in [6, 6.07) is 9.95. The largest absolute Gasteiger partial charge is 0.489 e. The number of carbonyl (C=O) groups excluding carboxylic acids is 1. The standard InChI is InChI=1S/C20H14ClF3N2O2S/c1-2-9-28-16-6-4-3-5-12(16)10-17-18(27)26-19(29-17)25-15-11-13(20(22,23)24)7-8-14(15)21/h2-8,10-11H,1,9H2,(H,25,26,27). The summed E-state index contributed by atoms with van der Waals surface area (Å²) in [7, 11) is 0. The number of aliphatic imine (C=N–C) groups is 1. The summed E-state index contributed by atoms with van der Waals surface area (Å²) in [4.78, 5) is 16.7. The molecule has 1 N–H and O–H groups in total. The summed E-state index contributed by atoms with van der Waals surface area (Å²) in [6.45, 7) is 3.90. The van der Waals surface area contributed by atoms with E-state index in [0.29, 0.717) is 22.8 Å². The molecule has 2 aromatic rings. The van der Waals surface area contributed by atoms with Gasteiger partial charge in [0.25, 0.3) is 5.91 Å². The summed E-state index contributed by atoms with van der Waals surface area (Å²) >= 11 is 6.96. The number of halogens is 4. The van der Waals surface area contributed by atoms with E-state index >= 15 is 0 Å². The van der Waals surface area contributed by atoms with Gasteiger partial charge in [0, 0.05) is 5.56 Å². The zero-order chi connectivity index (χ0) is 21.0. The predicted molar refractivity (Wildman–Crippen MR) is 109 cm³/mol. The highest BCUT2D eigenvalue weighted by Gasteiger charge is 2.31. The molecular weight excluding hydrogens is 425 g/mol. The van der Waals surface area contributed by atoms with Crippen molar-refractivity contribution >= 4 is 46.2 Å². The van der Waals surface area contributed by atoms with Crippen LogP contribution in [0, 0.1) is 0 Å². The highest BCUT2D eigenvalue weighted by Crippen LogP contribution is 2.37. The van der Waals surface area contributed by atoms with Gasteiger partial charge in [-0.2, -0.15) is 13.2 Å². The van der Waals surface area contributed by atoms with Crippen LogP contribution in [0.25, 0.3) is 6.08 Å². The van der Waals surface area contributed by atoms with Crippen molar-refractivity contribution in [1.82, 2.24) is 5.32 Å². The molecule has 0 atom stereocenters. The van der Waals surface area contributed by atoms with E-state index in [1.54, 1.807) is 36.4 Å². The monoisotopic (exact) mass is 438 g/mol. The summed E-state index contributed by atoms with van der Waals surface area (Å²) in [5.41, 5.74) is -0.287. The van der Waals surface area contributed by atoms with Gasteiger partial charge in [-0.25, -0.2) is 4.99 Å². The van der Waals surface area contributed by atoms with Crippen LogP contribution >= 0.6 is 23.4 Å². The molecule has 0 aromatic heterocycles. The number of nitrogens with zero attached hydrogens (tertiary/aromatic N) is 1. The zero-order valence-corrected chi connectivity index (χ0v) is 16.4. The van der Waals surface area contributed by atoms with Crippen molar-refractivity contribution in [1.29, 1.82) is 0 Å². The lowest BCUT2D eigenvalue weighted by molar-refractivity contribution is -0.137. The number of para-hydroxylation sites is 1. The Balaban J connectivity index is 1.88. The van der Waals surface area contributed by atoms with Gasteiger partial charge < -0.3 is 10.1 Å². The van der Waals surface area contributed by atoms with Crippen LogP contribution in [0.15, 0.2) is 65.0 Å². The molecule has 1 aliphatic rings. The molecule has 0 bridgehead atoms. The van der Waals surface area contributed by atoms with Gasteiger partial charge in [0.05, 0.1) is 21.2 Å². The molecule has 1 heterocycles. The van der Waals surface area contributed by atoms with Gasteiger partial charge in [0.15, 0.2) is 5.17 Å². The van der Waals surface area contributed by atoms with Crippen LogP contribution in [-0.2, 0) is 11.0 Å². The van der Waals surface area contributed by atoms with Crippen molar-refractivity contribution in [3.8, 4) is 5.75 Å². The summed E-state index contributed by atoms with van der Waals surface area (Å²) in [6.07, 6.45) is -1.30. The normalized spacial score (nSPS) is 16.9. The van der Waals surface area contributed by atoms with Crippen LogP contribution < -0.4 is 10.1 Å². The lowest BCUT2D eigenvalue weighted by Crippen LogP contribution is -2.19. The Morgan fingerprint density at radius 1 is 1.24 bits per heavy atom. The van der Waals surface area contributed by atoms with Crippen molar-refractivity contribution in [2.75, 3.05) is 6.61 Å². The predicted octanol–water partition coefficient (Wildman–Crippen LogP) is 5.82. The number of rotatable bonds is 5. The number of alkyl halides is 3. The molecule has 0 aliphatic carbocycles. The number of amides is 1. The molecule has 3 rings (SSSR count). The minimum atomic E-state index is -4.52. The first-order valence-corrected chi connectivity index (χ1v) is 9.46. The van der Waals surface area contributed by atoms with Crippen LogP contribution in [0.5, 0.6) is 5.75 Å². The maximum atomic E-state index is 12.9. The first-order chi connectivity index (χ1) is 13.8. The van der Waals surface area contributed by atoms with Crippen LogP contribution in [0.3, 0.4) is 0 Å². The molecule has 0 saturated carbocycles. The highest BCUT2D eigenvalue weighted by molar-refractivity contribution is 8.18. The SMILES string of the molecule is C=CCOc1ccccc1C=C1SC(=Nc2cc(C(F)(F)F)ccc2Cl)NC1=O. The second-order valence-corrected chi connectivity index (χ2v) is 7.22. The van der Waals surface area contributed by atoms with E-state index in [1.165, 1.54) is 0 Å². The van der Waals surface area contributed by atoms with Crippen molar-refractivity contribution < 1.29 is 22.7 Å². The van der Waals surface area contributed by atoms with Crippen molar-refractivity contribution in [2.45, 2.75) is 6.18 Å². The molecule has 29 heavy (non-hydrogen) atoms. The first-order valence-electron chi connectivity index (χ1n) is 8.27. The Morgan fingerprint density at radius 3 is 2.72 bits per heavy atom. The Labute approximate surface area is 174 Å². The lowest BCUT2D eigenvalue weighted by atomic mass is 10.2. The Bertz CT molecular complexity index is 1020. The van der Waals surface area contributed by atoms with Gasteiger partial charge >= 0.3 is 6.18 Å². The maximum Gasteiger partial charge on any atom is 0.416 e. The van der Waals surface area contributed by atoms with E-state index in [1.807, 2.05) is 0 Å². The molecular formula is C20H14ClF3N2O2S. The molecule has 150 valence electrons. The number of hydrogen-bond donors (Lipinski definition) is 1. The molecule has 1 aliphatic heterocycles. The smallest absolute Gasteiger partial charge is 0.416 e. The third kappa shape index (κ3) is 5.21. The fourth-order valence-corrected chi connectivity index (χ4v) is 3.37. The average Bonchev–Trinajstić information content (AvgIpc) is 3.01. The Kier molecular flexibility index (Phi) is 6.34. The summed E-state index contributed by atoms with van der Waals surface area (Å²) in [5, 5.41) is 2.70. The minimum Gasteiger partial charge on any atom is -0.489 e. The van der Waals surface area contributed by atoms with Gasteiger partial charge in [-0.15, -0.1) is 0 Å². The number of benzene rings is 2. The summed E-state index contributed by atoms with van der Waals surface area (Å²) in [5.74, 6) is 0.148. The number of amidine groups is 1. The van der Waals surface area contributed by atoms with Gasteiger partial charge in [0.2, 0.25) is 0 Å². The Hall–Kier alpha value is -2.71. The van der Waals surface area contributed by atoms with E-state index in [4.69, 9.17) is 16.3 Å². The fraction of sp³-hybridized carbons (Fsp3) is 0.100. The summed E-state index contributed by atoms with van der Waals surface area (Å²) < 4.78 is 44.3. The van der Waals surface area contributed by atoms with Gasteiger partial charge in [-0.05, 0) is 42.1 Å². The van der Waals surface area contributed by atoms with E-state index in [9.17, 15) is 18.0 Å². The third-order valence-electron chi connectivity index (χ3n) is 3.71. The molecule has 1 fully saturated rings. The number of carbonyl (C=O) groups is 1. The number of thioether (sulfide) groups is 1. The molecule has 1 saturated heterocycles. The van der Waals surface area contributed by atoms with E-state index < -0.39 is 17.6 Å². The van der Waals surface area contributed by atoms with Crippen LogP contribution in [0.1, 0.15) is 11.1 Å². The minimum absolute atomic E-state index is 0.0425. The van der Waals surface area contributed by atoms with Crippen LogP contribution in [0.2, 0.25) is 5.02 Å². The first kappa shape index (κ1) is 21.0. The van der Waals surface area contributed by atoms with Crippen molar-refractivity contribution in [2.24, 2.45) is 4.99 Å². The zero-order valence-electron chi connectivity index (χ0n) is 14.8. The maximum absolute atomic E-state index is 12.9. The molecule has 9 heteroatoms. The quantitative estimate of drug-likeness (QED) is 0.473. The van der Waals surface area contributed by atoms with Crippen molar-refractivity contribution in [3.63, 3.8) is 0 Å². The third-order valence-corrected chi connectivity index (χ3v) is 4.94. The number of hydrogen-bond acceptors (Lipinski definition) is 4. The molecule has 1 amide bonds. The van der Waals surface area contributed by atoms with Gasteiger partial charge in [-0.3, -0.25) is 4.79 Å².